The van der Waals surface area contributed by atoms with E-state index < -0.39 is 10.0 Å². The third kappa shape index (κ3) is 2.81. The number of aryl methyl sites for hydroxylation is 1. The van der Waals surface area contributed by atoms with Gasteiger partial charge >= 0.3 is 0 Å². The van der Waals surface area contributed by atoms with E-state index in [-0.39, 0.29) is 21.6 Å². The Morgan fingerprint density at radius 1 is 1.27 bits per heavy atom. The van der Waals surface area contributed by atoms with Crippen molar-refractivity contribution in [1.82, 2.24) is 23.3 Å². The van der Waals surface area contributed by atoms with Gasteiger partial charge in [-0.1, -0.05) is 0 Å². The van der Waals surface area contributed by atoms with Crippen LogP contribution in [0.15, 0.2) is 22.8 Å². The highest BCUT2D eigenvalue weighted by Crippen LogP contribution is 2.34. The molecule has 0 unspecified atom stereocenters. The van der Waals surface area contributed by atoms with Crippen molar-refractivity contribution in [2.24, 2.45) is 0 Å². The van der Waals surface area contributed by atoms with E-state index in [1.54, 1.807) is 19.9 Å². The van der Waals surface area contributed by atoms with Gasteiger partial charge in [-0.05, 0) is 61.3 Å². The van der Waals surface area contributed by atoms with E-state index in [1.807, 2.05) is 6.20 Å². The van der Waals surface area contributed by atoms with Gasteiger partial charge in [0.15, 0.2) is 15.7 Å². The van der Waals surface area contributed by atoms with E-state index in [0.717, 1.165) is 17.1 Å². The van der Waals surface area contributed by atoms with Gasteiger partial charge in [-0.3, -0.25) is 0 Å². The van der Waals surface area contributed by atoms with Gasteiger partial charge in [0.1, 0.15) is 6.33 Å². The predicted octanol–water partition coefficient (Wildman–Crippen LogP) is 2.51. The van der Waals surface area contributed by atoms with Crippen LogP contribution in [-0.2, 0) is 10.0 Å². The molecule has 4 rings (SSSR count). The minimum Gasteiger partial charge on any atom is -0.218 e. The van der Waals surface area contributed by atoms with Crippen molar-refractivity contribution < 1.29 is 12.8 Å². The van der Waals surface area contributed by atoms with Crippen molar-refractivity contribution in [2.45, 2.75) is 36.8 Å². The van der Waals surface area contributed by atoms with Gasteiger partial charge in [-0.15, -0.1) is 0 Å². The van der Waals surface area contributed by atoms with Crippen LogP contribution >= 0.6 is 11.5 Å². The summed E-state index contributed by atoms with van der Waals surface area (Å²) in [7, 11) is -3.50. The first-order valence-electron chi connectivity index (χ1n) is 8.29. The van der Waals surface area contributed by atoms with E-state index in [4.69, 9.17) is 0 Å². The monoisotopic (exact) mass is 395 g/mol. The molecule has 1 aliphatic rings. The molecule has 0 aliphatic carbocycles. The number of hydrogen-bond acceptors (Lipinski definition) is 6. The van der Waals surface area contributed by atoms with Crippen LogP contribution in [0.4, 0.5) is 4.39 Å². The Morgan fingerprint density at radius 3 is 2.65 bits per heavy atom. The summed E-state index contributed by atoms with van der Waals surface area (Å²) in [4.78, 5) is 3.93. The van der Waals surface area contributed by atoms with Crippen molar-refractivity contribution in [3.05, 3.63) is 41.2 Å². The second-order valence-corrected chi connectivity index (χ2v) is 9.49. The fourth-order valence-electron chi connectivity index (χ4n) is 3.43. The number of sulfonamides is 1. The first-order chi connectivity index (χ1) is 12.4. The molecule has 26 heavy (non-hydrogen) atoms. The number of halogens is 1. The lowest BCUT2D eigenvalue weighted by Crippen LogP contribution is -2.37. The summed E-state index contributed by atoms with van der Waals surface area (Å²) in [6.07, 6.45) is 4.41. The van der Waals surface area contributed by atoms with Gasteiger partial charge in [-0.25, -0.2) is 22.3 Å². The molecule has 0 radical (unpaired) electrons. The highest BCUT2D eigenvalue weighted by atomic mass is 32.2. The van der Waals surface area contributed by atoms with Crippen molar-refractivity contribution >= 4 is 27.2 Å². The molecular weight excluding hydrogens is 377 g/mol. The minimum absolute atomic E-state index is 0.0905. The topological polar surface area (TPSA) is 80.5 Å². The van der Waals surface area contributed by atoms with E-state index in [0.29, 0.717) is 37.2 Å². The summed E-state index contributed by atoms with van der Waals surface area (Å²) < 4.78 is 47.2. The summed E-state index contributed by atoms with van der Waals surface area (Å²) >= 11 is 1.01. The molecule has 0 N–H and O–H groups in total. The fourth-order valence-corrected chi connectivity index (χ4v) is 6.01. The molecule has 4 heterocycles. The average molecular weight is 395 g/mol. The summed E-state index contributed by atoms with van der Waals surface area (Å²) in [5.74, 6) is -0.275. The van der Waals surface area contributed by atoms with Crippen LogP contribution < -0.4 is 0 Å². The zero-order valence-corrected chi connectivity index (χ0v) is 16.0. The molecule has 7 nitrogen and oxygen atoms in total. The van der Waals surface area contributed by atoms with Crippen molar-refractivity contribution in [2.75, 3.05) is 13.1 Å². The molecule has 0 aromatic carbocycles. The van der Waals surface area contributed by atoms with Gasteiger partial charge in [0.25, 0.3) is 10.0 Å². The third-order valence-electron chi connectivity index (χ3n) is 4.89. The average Bonchev–Trinajstić information content (AvgIpc) is 3.27. The number of aromatic nitrogens is 4. The first kappa shape index (κ1) is 17.5. The van der Waals surface area contributed by atoms with Crippen LogP contribution in [-0.4, -0.2) is 44.8 Å². The second-order valence-electron chi connectivity index (χ2n) is 6.52. The predicted molar refractivity (Wildman–Crippen MR) is 95.3 cm³/mol. The Bertz CT molecular complexity index is 1070. The van der Waals surface area contributed by atoms with Crippen LogP contribution in [0.5, 0.6) is 0 Å². The lowest BCUT2D eigenvalue weighted by molar-refractivity contribution is 0.318. The number of hydrogen-bond donors (Lipinski definition) is 0. The van der Waals surface area contributed by atoms with Crippen molar-refractivity contribution in [3.8, 4) is 0 Å². The highest BCUT2D eigenvalue weighted by molar-refractivity contribution is 7.91. The van der Waals surface area contributed by atoms with Crippen LogP contribution in [0.25, 0.3) is 5.65 Å². The Hall–Kier alpha value is -1.91. The Morgan fingerprint density at radius 2 is 2.00 bits per heavy atom. The Balaban J connectivity index is 1.56. The smallest absolute Gasteiger partial charge is 0.218 e. The van der Waals surface area contributed by atoms with Crippen LogP contribution in [0.2, 0.25) is 0 Å². The lowest BCUT2D eigenvalue weighted by Gasteiger charge is -2.31. The number of pyridine rings is 1. The number of piperidine rings is 1. The fraction of sp³-hybridized carbons (Fsp3) is 0.438. The maximum absolute atomic E-state index is 14.5. The second kappa shape index (κ2) is 6.36. The summed E-state index contributed by atoms with van der Waals surface area (Å²) in [5, 5.41) is 4.03. The molecule has 0 amide bonds. The van der Waals surface area contributed by atoms with Gasteiger partial charge in [-0.2, -0.15) is 13.8 Å². The third-order valence-corrected chi connectivity index (χ3v) is 8.09. The van der Waals surface area contributed by atoms with Gasteiger partial charge in [0.2, 0.25) is 0 Å². The largest absolute Gasteiger partial charge is 0.254 e. The quantitative estimate of drug-likeness (QED) is 0.681. The minimum atomic E-state index is -3.50. The zero-order chi connectivity index (χ0) is 18.5. The van der Waals surface area contributed by atoms with Gasteiger partial charge in [0, 0.05) is 19.3 Å². The number of fused-ring (bicyclic) bond motifs is 1. The molecule has 10 heteroatoms. The summed E-state index contributed by atoms with van der Waals surface area (Å²) in [6, 6.07) is 1.60. The maximum atomic E-state index is 14.5. The molecule has 1 aliphatic heterocycles. The molecule has 0 atom stereocenters. The normalized spacial score (nSPS) is 17.2. The highest BCUT2D eigenvalue weighted by Gasteiger charge is 2.32. The summed E-state index contributed by atoms with van der Waals surface area (Å²) in [5.41, 5.74) is 2.35. The van der Waals surface area contributed by atoms with E-state index >= 15 is 0 Å². The molecule has 1 fully saturated rings. The zero-order valence-electron chi connectivity index (χ0n) is 14.4. The molecule has 138 valence electrons. The molecule has 3 aromatic rings. The molecule has 3 aromatic heterocycles. The number of nitrogens with zero attached hydrogens (tertiary/aromatic N) is 5. The number of rotatable bonds is 3. The summed E-state index contributed by atoms with van der Waals surface area (Å²) in [6.45, 7) is 4.32. The van der Waals surface area contributed by atoms with Crippen molar-refractivity contribution in [3.63, 3.8) is 0 Å². The SMILES string of the molecule is Cc1cc(S(=O)(=O)N2CCC(c3cn4ncnc4c(F)c3C)CC2)sn1. The molecule has 1 saturated heterocycles. The molecule has 0 saturated carbocycles. The Labute approximate surface area is 154 Å². The standard InChI is InChI=1S/C16H18FN5O2S2/c1-10-7-14(25-20-10)26(23,24)21-5-3-12(4-6-21)13-8-22-16(18-9-19-22)15(17)11(13)2/h7-9,12H,3-6H2,1-2H3. The Kier molecular flexibility index (Phi) is 4.28. The van der Waals surface area contributed by atoms with E-state index in [2.05, 4.69) is 14.5 Å². The molecular formula is C16H18FN5O2S2. The van der Waals surface area contributed by atoms with Crippen molar-refractivity contribution in [1.29, 1.82) is 0 Å². The van der Waals surface area contributed by atoms with Crippen LogP contribution in [0.3, 0.4) is 0 Å². The van der Waals surface area contributed by atoms with Gasteiger partial charge < -0.3 is 0 Å². The maximum Gasteiger partial charge on any atom is 0.254 e. The van der Waals surface area contributed by atoms with Crippen LogP contribution in [0, 0.1) is 19.7 Å². The molecule has 0 spiro atoms. The van der Waals surface area contributed by atoms with E-state index in [1.165, 1.54) is 15.1 Å². The molecule has 0 bridgehead atoms. The van der Waals surface area contributed by atoms with E-state index in [9.17, 15) is 12.8 Å². The van der Waals surface area contributed by atoms with Crippen LogP contribution in [0.1, 0.15) is 35.6 Å². The first-order valence-corrected chi connectivity index (χ1v) is 10.5. The lowest BCUT2D eigenvalue weighted by atomic mass is 9.88. The van der Waals surface area contributed by atoms with Gasteiger partial charge in [0.05, 0.1) is 5.69 Å².